The van der Waals surface area contributed by atoms with Crippen molar-refractivity contribution in [3.63, 3.8) is 0 Å². The van der Waals surface area contributed by atoms with Gasteiger partial charge >= 0.3 is 0 Å². The van der Waals surface area contributed by atoms with Gasteiger partial charge in [0.25, 0.3) is 0 Å². The Hall–Kier alpha value is -1.14. The number of β-amino-alcohol motifs (C(OH)–C–C–N with tert-alkyl or cyclic N) is 1. The van der Waals surface area contributed by atoms with Crippen LogP contribution in [0, 0.1) is 0 Å². The highest BCUT2D eigenvalue weighted by Gasteiger charge is 2.14. The van der Waals surface area contributed by atoms with Gasteiger partial charge in [0.05, 0.1) is 19.3 Å². The van der Waals surface area contributed by atoms with E-state index in [2.05, 4.69) is 10.2 Å². The molecular formula is C14H22N2O3. The Bertz CT molecular complexity index is 381. The zero-order valence-corrected chi connectivity index (χ0v) is 11.1. The summed E-state index contributed by atoms with van der Waals surface area (Å²) in [7, 11) is 0. The minimum absolute atomic E-state index is 0.290. The Morgan fingerprint density at radius 1 is 1.26 bits per heavy atom. The van der Waals surface area contributed by atoms with Gasteiger partial charge in [-0.25, -0.2) is 0 Å². The summed E-state index contributed by atoms with van der Waals surface area (Å²) < 4.78 is 5.27. The first-order valence-electron chi connectivity index (χ1n) is 6.71. The Morgan fingerprint density at radius 3 is 2.74 bits per heavy atom. The van der Waals surface area contributed by atoms with Crippen LogP contribution in [0.25, 0.3) is 0 Å². The number of morpholine rings is 1. The first-order valence-corrected chi connectivity index (χ1v) is 6.71. The summed E-state index contributed by atoms with van der Waals surface area (Å²) in [6.45, 7) is 5.01. The highest BCUT2D eigenvalue weighted by molar-refractivity contribution is 5.31. The van der Waals surface area contributed by atoms with E-state index in [1.54, 1.807) is 12.1 Å². The van der Waals surface area contributed by atoms with Gasteiger partial charge in [0.2, 0.25) is 0 Å². The van der Waals surface area contributed by atoms with Crippen LogP contribution in [0.4, 0.5) is 0 Å². The molecule has 1 atom stereocenters. The Kier molecular flexibility index (Phi) is 5.60. The van der Waals surface area contributed by atoms with Crippen LogP contribution in [0.15, 0.2) is 24.3 Å². The number of hydrogen-bond acceptors (Lipinski definition) is 5. The van der Waals surface area contributed by atoms with Gasteiger partial charge in [0, 0.05) is 38.3 Å². The minimum Gasteiger partial charge on any atom is -0.508 e. The smallest absolute Gasteiger partial charge is 0.120 e. The number of phenolic OH excluding ortho intramolecular Hbond substituents is 1. The molecule has 1 heterocycles. The van der Waals surface area contributed by atoms with Gasteiger partial charge in [-0.15, -0.1) is 0 Å². The summed E-state index contributed by atoms with van der Waals surface area (Å²) in [5, 5.41) is 22.7. The molecule has 1 fully saturated rings. The van der Waals surface area contributed by atoms with Crippen LogP contribution in [-0.2, 0) is 11.3 Å². The summed E-state index contributed by atoms with van der Waals surface area (Å²) in [5.41, 5.74) is 0.848. The molecule has 106 valence electrons. The molecule has 0 saturated carbocycles. The third-order valence-electron chi connectivity index (χ3n) is 3.26. The predicted octanol–water partition coefficient (Wildman–Crippen LogP) is 0.175. The topological polar surface area (TPSA) is 65.0 Å². The maximum atomic E-state index is 9.94. The van der Waals surface area contributed by atoms with Gasteiger partial charge in [-0.3, -0.25) is 4.90 Å². The molecule has 1 unspecified atom stereocenters. The zero-order chi connectivity index (χ0) is 13.5. The van der Waals surface area contributed by atoms with Crippen LogP contribution in [0.3, 0.4) is 0 Å². The molecule has 1 aromatic carbocycles. The number of nitrogens with zero attached hydrogens (tertiary/aromatic N) is 1. The molecule has 0 aromatic heterocycles. The second-order valence-electron chi connectivity index (χ2n) is 4.83. The fourth-order valence-electron chi connectivity index (χ4n) is 2.18. The van der Waals surface area contributed by atoms with Crippen LogP contribution < -0.4 is 5.32 Å². The van der Waals surface area contributed by atoms with E-state index in [9.17, 15) is 10.2 Å². The molecule has 1 aromatic rings. The summed E-state index contributed by atoms with van der Waals surface area (Å²) in [6, 6.07) is 7.23. The lowest BCUT2D eigenvalue weighted by atomic mass is 10.2. The van der Waals surface area contributed by atoms with E-state index in [4.69, 9.17) is 4.74 Å². The lowest BCUT2D eigenvalue weighted by molar-refractivity contribution is 0.0149. The van der Waals surface area contributed by atoms with Gasteiger partial charge in [-0.1, -0.05) is 18.2 Å². The molecule has 1 aliphatic heterocycles. The molecular weight excluding hydrogens is 244 g/mol. The average molecular weight is 266 g/mol. The number of aliphatic hydroxyl groups excluding tert-OH is 1. The van der Waals surface area contributed by atoms with E-state index >= 15 is 0 Å². The number of benzene rings is 1. The average Bonchev–Trinajstić information content (AvgIpc) is 2.42. The predicted molar refractivity (Wildman–Crippen MR) is 73.1 cm³/mol. The number of hydrogen-bond donors (Lipinski definition) is 3. The number of phenols is 1. The van der Waals surface area contributed by atoms with Crippen molar-refractivity contribution in [3.8, 4) is 5.75 Å². The normalized spacial score (nSPS) is 18.4. The number of rotatable bonds is 6. The molecule has 0 bridgehead atoms. The quantitative estimate of drug-likeness (QED) is 0.685. The standard InChI is InChI=1S/C14H22N2O3/c17-13(11-16-5-7-19-8-6-16)10-15-9-12-3-1-2-4-14(12)18/h1-4,13,15,17-18H,5-11H2. The molecule has 5 heteroatoms. The first-order chi connectivity index (χ1) is 9.25. The molecule has 0 aliphatic carbocycles. The van der Waals surface area contributed by atoms with E-state index in [0.29, 0.717) is 19.6 Å². The van der Waals surface area contributed by atoms with Crippen molar-refractivity contribution in [1.82, 2.24) is 10.2 Å². The molecule has 0 amide bonds. The summed E-state index contributed by atoms with van der Waals surface area (Å²) in [4.78, 5) is 2.20. The van der Waals surface area contributed by atoms with Gasteiger partial charge in [0.1, 0.15) is 5.75 Å². The van der Waals surface area contributed by atoms with Crippen LogP contribution in [0.5, 0.6) is 5.75 Å². The van der Waals surface area contributed by atoms with Gasteiger partial charge in [-0.2, -0.15) is 0 Å². The van der Waals surface area contributed by atoms with Crippen LogP contribution >= 0.6 is 0 Å². The lowest BCUT2D eigenvalue weighted by Gasteiger charge is -2.28. The number of para-hydroxylation sites is 1. The van der Waals surface area contributed by atoms with E-state index in [1.165, 1.54) is 0 Å². The van der Waals surface area contributed by atoms with Gasteiger partial charge in [-0.05, 0) is 6.07 Å². The molecule has 0 spiro atoms. The fourth-order valence-corrected chi connectivity index (χ4v) is 2.18. The second kappa shape index (κ2) is 7.45. The molecule has 1 saturated heterocycles. The molecule has 1 aliphatic rings. The van der Waals surface area contributed by atoms with Crippen LogP contribution in [0.2, 0.25) is 0 Å². The highest BCUT2D eigenvalue weighted by Crippen LogP contribution is 2.14. The monoisotopic (exact) mass is 266 g/mol. The van der Waals surface area contributed by atoms with Crippen molar-refractivity contribution in [2.24, 2.45) is 0 Å². The van der Waals surface area contributed by atoms with E-state index in [0.717, 1.165) is 31.9 Å². The van der Waals surface area contributed by atoms with Crippen molar-refractivity contribution in [2.75, 3.05) is 39.4 Å². The highest BCUT2D eigenvalue weighted by atomic mass is 16.5. The van der Waals surface area contributed by atoms with Crippen molar-refractivity contribution in [1.29, 1.82) is 0 Å². The minimum atomic E-state index is -0.399. The van der Waals surface area contributed by atoms with Crippen molar-refractivity contribution >= 4 is 0 Å². The molecule has 19 heavy (non-hydrogen) atoms. The third kappa shape index (κ3) is 4.80. The maximum absolute atomic E-state index is 9.94. The lowest BCUT2D eigenvalue weighted by Crippen LogP contribution is -2.43. The Labute approximate surface area is 113 Å². The SMILES string of the molecule is Oc1ccccc1CNCC(O)CN1CCOCC1. The van der Waals surface area contributed by atoms with Gasteiger partial charge < -0.3 is 20.3 Å². The molecule has 0 radical (unpaired) electrons. The molecule has 2 rings (SSSR count). The third-order valence-corrected chi connectivity index (χ3v) is 3.26. The van der Waals surface area contributed by atoms with Crippen molar-refractivity contribution < 1.29 is 14.9 Å². The van der Waals surface area contributed by atoms with E-state index in [-0.39, 0.29) is 5.75 Å². The first kappa shape index (κ1) is 14.3. The van der Waals surface area contributed by atoms with Crippen molar-refractivity contribution in [3.05, 3.63) is 29.8 Å². The largest absolute Gasteiger partial charge is 0.508 e. The summed E-state index contributed by atoms with van der Waals surface area (Å²) >= 11 is 0. The number of nitrogens with one attached hydrogen (secondary N) is 1. The second-order valence-corrected chi connectivity index (χ2v) is 4.83. The van der Waals surface area contributed by atoms with Gasteiger partial charge in [0.15, 0.2) is 0 Å². The zero-order valence-electron chi connectivity index (χ0n) is 11.1. The van der Waals surface area contributed by atoms with Crippen LogP contribution in [-0.4, -0.2) is 60.6 Å². The molecule has 5 nitrogen and oxygen atoms in total. The maximum Gasteiger partial charge on any atom is 0.120 e. The van der Waals surface area contributed by atoms with Crippen LogP contribution in [0.1, 0.15) is 5.56 Å². The number of aromatic hydroxyl groups is 1. The molecule has 3 N–H and O–H groups in total. The summed E-state index contributed by atoms with van der Waals surface area (Å²) in [6.07, 6.45) is -0.399. The Morgan fingerprint density at radius 2 is 2.00 bits per heavy atom. The Balaban J connectivity index is 1.66. The fraction of sp³-hybridized carbons (Fsp3) is 0.571. The number of aliphatic hydroxyl groups is 1. The number of ether oxygens (including phenoxy) is 1. The van der Waals surface area contributed by atoms with E-state index < -0.39 is 6.10 Å². The van der Waals surface area contributed by atoms with Crippen molar-refractivity contribution in [2.45, 2.75) is 12.6 Å². The summed E-state index contributed by atoms with van der Waals surface area (Å²) in [5.74, 6) is 0.290. The van der Waals surface area contributed by atoms with E-state index in [1.807, 2.05) is 12.1 Å².